The third-order valence-electron chi connectivity index (χ3n) is 4.12. The second-order valence-corrected chi connectivity index (χ2v) is 6.20. The number of carbonyl (C=O) groups excluding carboxylic acids is 1. The van der Waals surface area contributed by atoms with Gasteiger partial charge in [-0.25, -0.2) is 4.39 Å². The fourth-order valence-electron chi connectivity index (χ4n) is 2.63. The van der Waals surface area contributed by atoms with E-state index in [1.807, 2.05) is 0 Å². The number of amides is 1. The molecule has 0 aromatic heterocycles. The molecule has 1 saturated heterocycles. The highest BCUT2D eigenvalue weighted by atomic mass is 35.5. The summed E-state index contributed by atoms with van der Waals surface area (Å²) in [6.45, 7) is 4.58. The van der Waals surface area contributed by atoms with E-state index in [1.54, 1.807) is 19.2 Å². The van der Waals surface area contributed by atoms with Crippen LogP contribution >= 0.6 is 11.6 Å². The quantitative estimate of drug-likeness (QED) is 0.838. The summed E-state index contributed by atoms with van der Waals surface area (Å²) in [7, 11) is 1.66. The number of rotatable bonds is 6. The number of β-amino-alcohol motifs (C(OH)–C–C–N with tert-alkyl or cyclic N) is 1. The molecule has 1 aliphatic heterocycles. The first-order chi connectivity index (χ1) is 11.0. The Bertz CT molecular complexity index is 516. The summed E-state index contributed by atoms with van der Waals surface area (Å²) in [5.41, 5.74) is 0.345. The Morgan fingerprint density at radius 2 is 1.96 bits per heavy atom. The monoisotopic (exact) mass is 343 g/mol. The molecule has 2 rings (SSSR count). The van der Waals surface area contributed by atoms with E-state index >= 15 is 0 Å². The number of halogens is 2. The van der Waals surface area contributed by atoms with Crippen molar-refractivity contribution >= 4 is 17.5 Å². The molecule has 0 bridgehead atoms. The van der Waals surface area contributed by atoms with Gasteiger partial charge in [-0.1, -0.05) is 17.7 Å². The van der Waals surface area contributed by atoms with Crippen molar-refractivity contribution in [1.29, 1.82) is 0 Å². The van der Waals surface area contributed by atoms with Gasteiger partial charge < -0.3 is 10.0 Å². The lowest BCUT2D eigenvalue weighted by molar-refractivity contribution is -0.132. The molecule has 0 aliphatic carbocycles. The molecule has 1 N–H and O–H groups in total. The van der Waals surface area contributed by atoms with Gasteiger partial charge >= 0.3 is 0 Å². The number of piperazine rings is 1. The first-order valence-corrected chi connectivity index (χ1v) is 8.11. The Balaban J connectivity index is 1.84. The fourth-order valence-corrected chi connectivity index (χ4v) is 2.86. The summed E-state index contributed by atoms with van der Waals surface area (Å²) in [6.07, 6.45) is 0. The maximum atomic E-state index is 13.8. The number of hydrogen-bond donors (Lipinski definition) is 1. The average Bonchev–Trinajstić information content (AvgIpc) is 2.53. The Morgan fingerprint density at radius 3 is 2.57 bits per heavy atom. The minimum atomic E-state index is -0.394. The Hall–Kier alpha value is -1.21. The normalized spacial score (nSPS) is 16.5. The number of likely N-dealkylation sites (N-methyl/N-ethyl adjacent to an activating group) is 1. The lowest BCUT2D eigenvalue weighted by atomic mass is 10.2. The highest BCUT2D eigenvalue weighted by Crippen LogP contribution is 2.20. The average molecular weight is 344 g/mol. The van der Waals surface area contributed by atoms with Crippen molar-refractivity contribution in [2.24, 2.45) is 0 Å². The van der Waals surface area contributed by atoms with Gasteiger partial charge in [0.1, 0.15) is 5.82 Å². The molecule has 1 amide bonds. The SMILES string of the molecule is CN(Cc1c(F)cccc1Cl)C(=O)CN1CCN(CCO)CC1. The van der Waals surface area contributed by atoms with E-state index in [0.717, 1.165) is 26.2 Å². The van der Waals surface area contributed by atoms with Gasteiger partial charge in [0.15, 0.2) is 0 Å². The van der Waals surface area contributed by atoms with Crippen molar-refractivity contribution in [3.8, 4) is 0 Å². The molecular weight excluding hydrogens is 321 g/mol. The van der Waals surface area contributed by atoms with E-state index in [9.17, 15) is 9.18 Å². The molecule has 0 spiro atoms. The molecule has 0 saturated carbocycles. The smallest absolute Gasteiger partial charge is 0.236 e. The number of benzene rings is 1. The molecular formula is C16H23ClFN3O2. The van der Waals surface area contributed by atoms with Crippen LogP contribution in [0, 0.1) is 5.82 Å². The Morgan fingerprint density at radius 1 is 1.30 bits per heavy atom. The second-order valence-electron chi connectivity index (χ2n) is 5.79. The zero-order valence-electron chi connectivity index (χ0n) is 13.3. The minimum Gasteiger partial charge on any atom is -0.395 e. The van der Waals surface area contributed by atoms with E-state index < -0.39 is 5.82 Å². The summed E-state index contributed by atoms with van der Waals surface area (Å²) in [5, 5.41) is 9.27. The third-order valence-corrected chi connectivity index (χ3v) is 4.48. The number of hydrogen-bond acceptors (Lipinski definition) is 4. The number of nitrogens with zero attached hydrogens (tertiary/aromatic N) is 3. The first kappa shape index (κ1) is 18.1. The molecule has 1 aromatic carbocycles. The zero-order chi connectivity index (χ0) is 16.8. The van der Waals surface area contributed by atoms with Gasteiger partial charge in [-0.3, -0.25) is 14.6 Å². The zero-order valence-corrected chi connectivity index (χ0v) is 14.1. The van der Waals surface area contributed by atoms with Crippen molar-refractivity contribution in [2.75, 3.05) is 52.9 Å². The molecule has 1 fully saturated rings. The van der Waals surface area contributed by atoms with E-state index in [1.165, 1.54) is 11.0 Å². The van der Waals surface area contributed by atoms with Crippen LogP contribution in [0.15, 0.2) is 18.2 Å². The van der Waals surface area contributed by atoms with Gasteiger partial charge in [0.05, 0.1) is 13.2 Å². The predicted molar refractivity (Wildman–Crippen MR) is 87.8 cm³/mol. The van der Waals surface area contributed by atoms with Crippen molar-refractivity contribution in [3.63, 3.8) is 0 Å². The van der Waals surface area contributed by atoms with Gasteiger partial charge in [-0.2, -0.15) is 0 Å². The van der Waals surface area contributed by atoms with E-state index in [2.05, 4.69) is 9.80 Å². The maximum absolute atomic E-state index is 13.8. The van der Waals surface area contributed by atoms with Gasteiger partial charge in [0.25, 0.3) is 0 Å². The molecule has 1 aliphatic rings. The number of carbonyl (C=O) groups is 1. The summed E-state index contributed by atoms with van der Waals surface area (Å²) in [6, 6.07) is 4.52. The summed E-state index contributed by atoms with van der Waals surface area (Å²) in [5.74, 6) is -0.449. The van der Waals surface area contributed by atoms with Crippen molar-refractivity contribution in [3.05, 3.63) is 34.6 Å². The van der Waals surface area contributed by atoms with Crippen molar-refractivity contribution in [1.82, 2.24) is 14.7 Å². The standard InChI is InChI=1S/C16H23ClFN3O2/c1-19(11-13-14(17)3-2-4-15(13)18)16(23)12-21-7-5-20(6-8-21)9-10-22/h2-4,22H,5-12H2,1H3. The molecule has 7 heteroatoms. The van der Waals surface area contributed by atoms with Crippen LogP contribution in [0.2, 0.25) is 5.02 Å². The van der Waals surface area contributed by atoms with E-state index in [0.29, 0.717) is 23.7 Å². The van der Waals surface area contributed by atoms with Crippen LogP contribution in [0.5, 0.6) is 0 Å². The van der Waals surface area contributed by atoms with Crippen LogP contribution in [0.25, 0.3) is 0 Å². The summed E-state index contributed by atoms with van der Waals surface area (Å²) < 4.78 is 13.8. The Labute approximate surface area is 141 Å². The molecule has 0 unspecified atom stereocenters. The predicted octanol–water partition coefficient (Wildman–Crippen LogP) is 1.05. The number of aliphatic hydroxyl groups is 1. The van der Waals surface area contributed by atoms with Crippen LogP contribution in [0.1, 0.15) is 5.56 Å². The summed E-state index contributed by atoms with van der Waals surface area (Å²) >= 11 is 6.00. The highest BCUT2D eigenvalue weighted by Gasteiger charge is 2.21. The highest BCUT2D eigenvalue weighted by molar-refractivity contribution is 6.31. The van der Waals surface area contributed by atoms with E-state index in [4.69, 9.17) is 16.7 Å². The van der Waals surface area contributed by atoms with Gasteiger partial charge in [0, 0.05) is 56.9 Å². The third kappa shape index (κ3) is 5.14. The molecule has 1 heterocycles. The van der Waals surface area contributed by atoms with Crippen LogP contribution in [-0.4, -0.2) is 78.6 Å². The second kappa shape index (κ2) is 8.59. The molecule has 1 aromatic rings. The van der Waals surface area contributed by atoms with Crippen molar-refractivity contribution in [2.45, 2.75) is 6.54 Å². The molecule has 128 valence electrons. The fraction of sp³-hybridized carbons (Fsp3) is 0.562. The largest absolute Gasteiger partial charge is 0.395 e. The molecule has 23 heavy (non-hydrogen) atoms. The lowest BCUT2D eigenvalue weighted by Gasteiger charge is -2.34. The van der Waals surface area contributed by atoms with Gasteiger partial charge in [-0.15, -0.1) is 0 Å². The van der Waals surface area contributed by atoms with Gasteiger partial charge in [-0.05, 0) is 12.1 Å². The van der Waals surface area contributed by atoms with Crippen LogP contribution in [0.4, 0.5) is 4.39 Å². The minimum absolute atomic E-state index is 0.0556. The molecule has 5 nitrogen and oxygen atoms in total. The van der Waals surface area contributed by atoms with Crippen molar-refractivity contribution < 1.29 is 14.3 Å². The number of aliphatic hydroxyl groups excluding tert-OH is 1. The lowest BCUT2D eigenvalue weighted by Crippen LogP contribution is -2.50. The molecule has 0 radical (unpaired) electrons. The van der Waals surface area contributed by atoms with Crippen LogP contribution < -0.4 is 0 Å². The summed E-state index contributed by atoms with van der Waals surface area (Å²) in [4.78, 5) is 18.1. The van der Waals surface area contributed by atoms with Crippen LogP contribution in [-0.2, 0) is 11.3 Å². The Kier molecular flexibility index (Phi) is 6.77. The first-order valence-electron chi connectivity index (χ1n) is 7.73. The van der Waals surface area contributed by atoms with Gasteiger partial charge in [0.2, 0.25) is 5.91 Å². The maximum Gasteiger partial charge on any atom is 0.236 e. The van der Waals surface area contributed by atoms with Crippen LogP contribution in [0.3, 0.4) is 0 Å². The topological polar surface area (TPSA) is 47.0 Å². The van der Waals surface area contributed by atoms with E-state index in [-0.39, 0.29) is 19.1 Å². The molecule has 0 atom stereocenters.